The van der Waals surface area contributed by atoms with Gasteiger partial charge in [-0.15, -0.1) is 0 Å². The number of hydrogen-bond acceptors (Lipinski definition) is 3. The van der Waals surface area contributed by atoms with Gasteiger partial charge in [-0.1, -0.05) is 6.08 Å². The summed E-state index contributed by atoms with van der Waals surface area (Å²) in [5.74, 6) is 0. The van der Waals surface area contributed by atoms with Crippen LogP contribution < -0.4 is 10.6 Å². The molecular weight excluding hydrogens is 150 g/mol. The summed E-state index contributed by atoms with van der Waals surface area (Å²) in [5, 5.41) is 6.60. The van der Waals surface area contributed by atoms with Crippen LogP contribution in [0.5, 0.6) is 0 Å². The largest absolute Gasteiger partial charge is 0.391 e. The summed E-state index contributed by atoms with van der Waals surface area (Å²) in [6, 6.07) is 0.688. The molecule has 1 fully saturated rings. The highest BCUT2D eigenvalue weighted by atomic mass is 15.2. The fourth-order valence-electron chi connectivity index (χ4n) is 1.91. The zero-order chi connectivity index (χ0) is 8.23. The fourth-order valence-corrected chi connectivity index (χ4v) is 1.91. The van der Waals surface area contributed by atoms with Gasteiger partial charge in [0.15, 0.2) is 0 Å². The van der Waals surface area contributed by atoms with Crippen LogP contribution in [0.4, 0.5) is 0 Å². The fraction of sp³-hybridized carbons (Fsp3) is 0.778. The first kappa shape index (κ1) is 8.08. The zero-order valence-corrected chi connectivity index (χ0v) is 7.42. The van der Waals surface area contributed by atoms with Crippen LogP contribution in [-0.4, -0.2) is 43.7 Å². The molecule has 2 N–H and O–H groups in total. The van der Waals surface area contributed by atoms with Crippen LogP contribution in [0.1, 0.15) is 6.42 Å². The average molecular weight is 167 g/mol. The minimum atomic E-state index is 0.688. The van der Waals surface area contributed by atoms with E-state index in [1.165, 1.54) is 19.5 Å². The molecule has 0 aromatic carbocycles. The molecule has 1 saturated heterocycles. The van der Waals surface area contributed by atoms with Gasteiger partial charge in [-0.3, -0.25) is 4.90 Å². The number of nitrogens with one attached hydrogen (secondary N) is 2. The lowest BCUT2D eigenvalue weighted by atomic mass is 10.1. The zero-order valence-electron chi connectivity index (χ0n) is 7.42. The molecule has 3 nitrogen and oxygen atoms in total. The summed E-state index contributed by atoms with van der Waals surface area (Å²) in [4.78, 5) is 2.56. The van der Waals surface area contributed by atoms with Crippen LogP contribution in [0, 0.1) is 0 Å². The highest BCUT2D eigenvalue weighted by Crippen LogP contribution is 2.08. The maximum atomic E-state index is 3.37. The molecule has 3 heteroatoms. The first-order valence-electron chi connectivity index (χ1n) is 4.81. The lowest BCUT2D eigenvalue weighted by Crippen LogP contribution is -2.49. The average Bonchev–Trinajstić information content (AvgIpc) is 2.21. The van der Waals surface area contributed by atoms with Gasteiger partial charge in [0, 0.05) is 38.8 Å². The summed E-state index contributed by atoms with van der Waals surface area (Å²) in [6.07, 6.45) is 5.64. The first-order chi connectivity index (χ1) is 5.97. The Hall–Kier alpha value is -0.540. The molecule has 0 bridgehead atoms. The second-order valence-corrected chi connectivity index (χ2v) is 3.46. The molecule has 0 spiro atoms. The molecule has 2 rings (SSSR count). The smallest absolute Gasteiger partial charge is 0.0312 e. The van der Waals surface area contributed by atoms with Crippen LogP contribution in [0.2, 0.25) is 0 Å². The summed E-state index contributed by atoms with van der Waals surface area (Å²) < 4.78 is 0. The normalized spacial score (nSPS) is 31.5. The third-order valence-corrected chi connectivity index (χ3v) is 2.64. The van der Waals surface area contributed by atoms with Crippen molar-refractivity contribution in [3.63, 3.8) is 0 Å². The van der Waals surface area contributed by atoms with Crippen molar-refractivity contribution in [3.8, 4) is 0 Å². The van der Waals surface area contributed by atoms with E-state index in [-0.39, 0.29) is 0 Å². The number of piperazine rings is 1. The van der Waals surface area contributed by atoms with Crippen LogP contribution in [0.25, 0.3) is 0 Å². The van der Waals surface area contributed by atoms with Crippen molar-refractivity contribution in [3.05, 3.63) is 12.3 Å². The van der Waals surface area contributed by atoms with Crippen LogP contribution in [0.3, 0.4) is 0 Å². The molecule has 68 valence electrons. The highest BCUT2D eigenvalue weighted by molar-refractivity contribution is 4.98. The second-order valence-electron chi connectivity index (χ2n) is 3.46. The first-order valence-corrected chi connectivity index (χ1v) is 4.81. The Kier molecular flexibility index (Phi) is 2.64. The van der Waals surface area contributed by atoms with E-state index in [4.69, 9.17) is 0 Å². The molecule has 2 aliphatic rings. The molecule has 0 aromatic rings. The van der Waals surface area contributed by atoms with Gasteiger partial charge in [-0.05, 0) is 12.6 Å². The van der Waals surface area contributed by atoms with E-state index in [2.05, 4.69) is 27.8 Å². The Morgan fingerprint density at radius 3 is 2.67 bits per heavy atom. The third kappa shape index (κ3) is 1.79. The Morgan fingerprint density at radius 1 is 1.17 bits per heavy atom. The van der Waals surface area contributed by atoms with Gasteiger partial charge in [0.1, 0.15) is 0 Å². The van der Waals surface area contributed by atoms with Crippen LogP contribution in [0.15, 0.2) is 12.3 Å². The summed E-state index contributed by atoms with van der Waals surface area (Å²) in [7, 11) is 0. The van der Waals surface area contributed by atoms with Crippen molar-refractivity contribution >= 4 is 0 Å². The third-order valence-electron chi connectivity index (χ3n) is 2.64. The Morgan fingerprint density at radius 2 is 2.00 bits per heavy atom. The molecule has 0 saturated carbocycles. The van der Waals surface area contributed by atoms with Crippen molar-refractivity contribution in [2.24, 2.45) is 0 Å². The van der Waals surface area contributed by atoms with E-state index in [0.29, 0.717) is 6.04 Å². The van der Waals surface area contributed by atoms with Crippen LogP contribution >= 0.6 is 0 Å². The van der Waals surface area contributed by atoms with Gasteiger partial charge >= 0.3 is 0 Å². The highest BCUT2D eigenvalue weighted by Gasteiger charge is 2.18. The van der Waals surface area contributed by atoms with E-state index < -0.39 is 0 Å². The van der Waals surface area contributed by atoms with E-state index in [0.717, 1.165) is 19.6 Å². The van der Waals surface area contributed by atoms with E-state index in [1.807, 2.05) is 0 Å². The maximum Gasteiger partial charge on any atom is 0.0312 e. The predicted octanol–water partition coefficient (Wildman–Crippen LogP) is -0.233. The minimum absolute atomic E-state index is 0.688. The van der Waals surface area contributed by atoms with Crippen LogP contribution in [-0.2, 0) is 0 Å². The number of rotatable bonds is 1. The molecule has 12 heavy (non-hydrogen) atoms. The second kappa shape index (κ2) is 3.92. The van der Waals surface area contributed by atoms with Gasteiger partial charge in [0.2, 0.25) is 0 Å². The minimum Gasteiger partial charge on any atom is -0.391 e. The maximum absolute atomic E-state index is 3.37. The van der Waals surface area contributed by atoms with Crippen molar-refractivity contribution in [1.29, 1.82) is 0 Å². The van der Waals surface area contributed by atoms with E-state index >= 15 is 0 Å². The van der Waals surface area contributed by atoms with Crippen molar-refractivity contribution < 1.29 is 0 Å². The molecule has 1 atom stereocenters. The van der Waals surface area contributed by atoms with E-state index in [9.17, 15) is 0 Å². The molecule has 1 unspecified atom stereocenters. The van der Waals surface area contributed by atoms with Crippen molar-refractivity contribution in [2.45, 2.75) is 12.5 Å². The molecule has 0 amide bonds. The lowest BCUT2D eigenvalue weighted by molar-refractivity contribution is 0.191. The standard InChI is InChI=1S/C9H17N3/c1-3-10-4-2-9(1)12-7-5-11-6-8-12/h1,3,9-11H,2,4-8H2. The molecule has 0 aromatic heterocycles. The van der Waals surface area contributed by atoms with Crippen molar-refractivity contribution in [2.75, 3.05) is 32.7 Å². The number of hydrogen-bond donors (Lipinski definition) is 2. The summed E-state index contributed by atoms with van der Waals surface area (Å²) >= 11 is 0. The topological polar surface area (TPSA) is 27.3 Å². The summed E-state index contributed by atoms with van der Waals surface area (Å²) in [5.41, 5.74) is 0. The molecule has 0 aliphatic carbocycles. The number of nitrogens with zero attached hydrogens (tertiary/aromatic N) is 1. The molecule has 0 radical (unpaired) electrons. The van der Waals surface area contributed by atoms with Crippen molar-refractivity contribution in [1.82, 2.24) is 15.5 Å². The Bertz CT molecular complexity index is 161. The Labute approximate surface area is 73.8 Å². The monoisotopic (exact) mass is 167 g/mol. The van der Waals surface area contributed by atoms with Gasteiger partial charge in [-0.25, -0.2) is 0 Å². The quantitative estimate of drug-likeness (QED) is 0.565. The predicted molar refractivity (Wildman–Crippen MR) is 50.0 cm³/mol. The SMILES string of the molecule is C1=CC(N2CCNCC2)CCN1. The molecular formula is C9H17N3. The van der Waals surface area contributed by atoms with E-state index in [1.54, 1.807) is 0 Å². The Balaban J connectivity index is 1.88. The summed E-state index contributed by atoms with van der Waals surface area (Å²) in [6.45, 7) is 5.84. The lowest BCUT2D eigenvalue weighted by Gasteiger charge is -2.34. The van der Waals surface area contributed by atoms with Gasteiger partial charge in [-0.2, -0.15) is 0 Å². The van der Waals surface area contributed by atoms with Gasteiger partial charge < -0.3 is 10.6 Å². The van der Waals surface area contributed by atoms with Gasteiger partial charge in [0.05, 0.1) is 0 Å². The molecule has 2 aliphatic heterocycles. The van der Waals surface area contributed by atoms with Gasteiger partial charge in [0.25, 0.3) is 0 Å². The molecule has 2 heterocycles.